The Balaban J connectivity index is 2.17. The van der Waals surface area contributed by atoms with Gasteiger partial charge in [-0.15, -0.1) is 0 Å². The average Bonchev–Trinajstić information content (AvgIpc) is 2.87. The first-order valence-electron chi connectivity index (χ1n) is 7.56. The summed E-state index contributed by atoms with van der Waals surface area (Å²) in [4.78, 5) is 7.10. The van der Waals surface area contributed by atoms with Crippen LogP contribution in [-0.2, 0) is 0 Å². The third-order valence-corrected chi connectivity index (χ3v) is 4.14. The van der Waals surface area contributed by atoms with Crippen LogP contribution in [0.1, 0.15) is 51.5 Å². The highest BCUT2D eigenvalue weighted by Gasteiger charge is 2.23. The Morgan fingerprint density at radius 2 is 2.05 bits per heavy atom. The highest BCUT2D eigenvalue weighted by Crippen LogP contribution is 2.29. The molecule has 3 heteroatoms. The van der Waals surface area contributed by atoms with E-state index in [-0.39, 0.29) is 0 Å². The van der Waals surface area contributed by atoms with Crippen LogP contribution in [0.15, 0.2) is 12.3 Å². The summed E-state index contributed by atoms with van der Waals surface area (Å²) in [6.07, 6.45) is 8.42. The number of hydrogen-bond acceptors (Lipinski definition) is 3. The van der Waals surface area contributed by atoms with Gasteiger partial charge in [0.25, 0.3) is 0 Å². The molecule has 0 amide bonds. The second kappa shape index (κ2) is 6.27. The molecule has 2 rings (SSSR count). The minimum absolute atomic E-state index is 0.661. The van der Waals surface area contributed by atoms with Crippen molar-refractivity contribution in [1.29, 1.82) is 0 Å². The summed E-state index contributed by atoms with van der Waals surface area (Å²) in [7, 11) is 0. The predicted octanol–water partition coefficient (Wildman–Crippen LogP) is 3.77. The maximum atomic E-state index is 6.05. The van der Waals surface area contributed by atoms with Crippen LogP contribution in [0, 0.1) is 12.8 Å². The molecule has 1 heterocycles. The molecule has 0 aromatic carbocycles. The van der Waals surface area contributed by atoms with Crippen molar-refractivity contribution >= 4 is 11.5 Å². The van der Waals surface area contributed by atoms with Gasteiger partial charge in [0.1, 0.15) is 5.82 Å². The number of nitrogen functional groups attached to an aromatic ring is 1. The van der Waals surface area contributed by atoms with E-state index >= 15 is 0 Å². The van der Waals surface area contributed by atoms with Gasteiger partial charge in [-0.1, -0.05) is 26.7 Å². The van der Waals surface area contributed by atoms with Crippen LogP contribution in [0.5, 0.6) is 0 Å². The average molecular weight is 261 g/mol. The molecular formula is C16H27N3. The van der Waals surface area contributed by atoms with Crippen LogP contribution >= 0.6 is 0 Å². The van der Waals surface area contributed by atoms with Crippen molar-refractivity contribution in [3.05, 3.63) is 17.8 Å². The number of pyridine rings is 1. The lowest BCUT2D eigenvalue weighted by molar-refractivity contribution is 0.525. The van der Waals surface area contributed by atoms with E-state index in [0.717, 1.165) is 29.5 Å². The lowest BCUT2D eigenvalue weighted by Gasteiger charge is -2.31. The molecule has 1 aliphatic rings. The number of hydrogen-bond donors (Lipinski definition) is 1. The number of nitrogens with two attached hydrogens (primary N) is 1. The molecule has 0 radical (unpaired) electrons. The van der Waals surface area contributed by atoms with Gasteiger partial charge in [-0.25, -0.2) is 4.98 Å². The summed E-state index contributed by atoms with van der Waals surface area (Å²) in [5.74, 6) is 1.79. The van der Waals surface area contributed by atoms with E-state index in [1.807, 2.05) is 19.2 Å². The first-order chi connectivity index (χ1) is 9.08. The van der Waals surface area contributed by atoms with Gasteiger partial charge in [0, 0.05) is 30.5 Å². The van der Waals surface area contributed by atoms with Crippen LogP contribution in [0.3, 0.4) is 0 Å². The van der Waals surface area contributed by atoms with E-state index in [2.05, 4.69) is 23.7 Å². The minimum atomic E-state index is 0.661. The summed E-state index contributed by atoms with van der Waals surface area (Å²) in [5.41, 5.74) is 7.97. The Bertz CT molecular complexity index is 408. The van der Waals surface area contributed by atoms with E-state index in [9.17, 15) is 0 Å². The number of nitrogens with zero attached hydrogens (tertiary/aromatic N) is 2. The smallest absolute Gasteiger partial charge is 0.130 e. The Morgan fingerprint density at radius 1 is 1.37 bits per heavy atom. The fourth-order valence-electron chi connectivity index (χ4n) is 2.78. The number of rotatable bonds is 5. The van der Waals surface area contributed by atoms with Crippen LogP contribution < -0.4 is 10.6 Å². The molecule has 0 spiro atoms. The monoisotopic (exact) mass is 261 g/mol. The Hall–Kier alpha value is -1.25. The maximum Gasteiger partial charge on any atom is 0.130 e. The van der Waals surface area contributed by atoms with Gasteiger partial charge >= 0.3 is 0 Å². The van der Waals surface area contributed by atoms with Crippen molar-refractivity contribution in [2.75, 3.05) is 17.2 Å². The topological polar surface area (TPSA) is 42.2 Å². The zero-order valence-corrected chi connectivity index (χ0v) is 12.5. The Morgan fingerprint density at radius 3 is 2.63 bits per heavy atom. The number of aromatic nitrogens is 1. The Labute approximate surface area is 117 Å². The molecular weight excluding hydrogens is 234 g/mol. The summed E-state index contributed by atoms with van der Waals surface area (Å²) in [5, 5.41) is 0. The highest BCUT2D eigenvalue weighted by atomic mass is 15.2. The van der Waals surface area contributed by atoms with E-state index < -0.39 is 0 Å². The quantitative estimate of drug-likeness (QED) is 0.877. The molecule has 1 aromatic heterocycles. The van der Waals surface area contributed by atoms with Gasteiger partial charge in [-0.3, -0.25) is 0 Å². The standard InChI is InChI=1S/C16H27N3/c1-12(2)8-9-19(14-6-4-5-7-14)16-10-15(17)13(3)11-18-16/h10-12,14H,4-9H2,1-3H3,(H2,17,18). The van der Waals surface area contributed by atoms with Gasteiger partial charge in [0.15, 0.2) is 0 Å². The van der Waals surface area contributed by atoms with Gasteiger partial charge in [-0.05, 0) is 37.7 Å². The molecule has 0 aliphatic heterocycles. The molecule has 3 nitrogen and oxygen atoms in total. The molecule has 1 aliphatic carbocycles. The van der Waals surface area contributed by atoms with Crippen molar-refractivity contribution in [2.45, 2.75) is 58.9 Å². The first-order valence-corrected chi connectivity index (χ1v) is 7.56. The molecule has 0 unspecified atom stereocenters. The van der Waals surface area contributed by atoms with Crippen LogP contribution in [-0.4, -0.2) is 17.6 Å². The third-order valence-electron chi connectivity index (χ3n) is 4.14. The predicted molar refractivity (Wildman–Crippen MR) is 82.4 cm³/mol. The fourth-order valence-corrected chi connectivity index (χ4v) is 2.78. The Kier molecular flexibility index (Phi) is 4.67. The van der Waals surface area contributed by atoms with E-state index in [1.54, 1.807) is 0 Å². The third kappa shape index (κ3) is 3.62. The number of anilines is 2. The van der Waals surface area contributed by atoms with Crippen molar-refractivity contribution in [3.8, 4) is 0 Å². The summed E-state index contributed by atoms with van der Waals surface area (Å²) in [6, 6.07) is 2.71. The van der Waals surface area contributed by atoms with Gasteiger partial charge < -0.3 is 10.6 Å². The first kappa shape index (κ1) is 14.2. The lowest BCUT2D eigenvalue weighted by atomic mass is 10.1. The summed E-state index contributed by atoms with van der Waals surface area (Å²) >= 11 is 0. The van der Waals surface area contributed by atoms with Gasteiger partial charge in [0.2, 0.25) is 0 Å². The van der Waals surface area contributed by atoms with E-state index in [1.165, 1.54) is 32.1 Å². The minimum Gasteiger partial charge on any atom is -0.398 e. The van der Waals surface area contributed by atoms with Crippen molar-refractivity contribution in [3.63, 3.8) is 0 Å². The molecule has 1 saturated carbocycles. The fraction of sp³-hybridized carbons (Fsp3) is 0.688. The van der Waals surface area contributed by atoms with E-state index in [4.69, 9.17) is 5.73 Å². The summed E-state index contributed by atoms with van der Waals surface area (Å²) < 4.78 is 0. The summed E-state index contributed by atoms with van der Waals surface area (Å²) in [6.45, 7) is 7.67. The maximum absolute atomic E-state index is 6.05. The molecule has 0 atom stereocenters. The molecule has 2 N–H and O–H groups in total. The molecule has 106 valence electrons. The molecule has 1 aromatic rings. The highest BCUT2D eigenvalue weighted by molar-refractivity contribution is 5.55. The number of aryl methyl sites for hydroxylation is 1. The lowest BCUT2D eigenvalue weighted by Crippen LogP contribution is -2.35. The van der Waals surface area contributed by atoms with Crippen LogP contribution in [0.25, 0.3) is 0 Å². The van der Waals surface area contributed by atoms with Crippen LogP contribution in [0.4, 0.5) is 11.5 Å². The molecule has 0 bridgehead atoms. The van der Waals surface area contributed by atoms with Crippen LogP contribution in [0.2, 0.25) is 0 Å². The second-order valence-corrected chi connectivity index (χ2v) is 6.21. The zero-order chi connectivity index (χ0) is 13.8. The molecule has 0 saturated heterocycles. The molecule has 1 fully saturated rings. The van der Waals surface area contributed by atoms with Crippen molar-refractivity contribution in [2.24, 2.45) is 5.92 Å². The van der Waals surface area contributed by atoms with Gasteiger partial charge in [0.05, 0.1) is 0 Å². The largest absolute Gasteiger partial charge is 0.398 e. The van der Waals surface area contributed by atoms with E-state index in [0.29, 0.717) is 6.04 Å². The SMILES string of the molecule is Cc1cnc(N(CCC(C)C)C2CCCC2)cc1N. The normalized spacial score (nSPS) is 16.2. The van der Waals surface area contributed by atoms with Crippen molar-refractivity contribution < 1.29 is 0 Å². The van der Waals surface area contributed by atoms with Crippen molar-refractivity contribution in [1.82, 2.24) is 4.98 Å². The zero-order valence-electron chi connectivity index (χ0n) is 12.5. The molecule has 19 heavy (non-hydrogen) atoms. The second-order valence-electron chi connectivity index (χ2n) is 6.21. The van der Waals surface area contributed by atoms with Gasteiger partial charge in [-0.2, -0.15) is 0 Å².